The molecule has 3 N–H and O–H groups in total. The van der Waals surface area contributed by atoms with Crippen molar-refractivity contribution in [3.05, 3.63) is 53.5 Å². The number of alkyl halides is 2. The number of benzene rings is 1. The number of piperidine rings is 1. The predicted molar refractivity (Wildman–Crippen MR) is 102 cm³/mol. The minimum absolute atomic E-state index is 0.267. The number of aromatic nitrogens is 1. The van der Waals surface area contributed by atoms with Gasteiger partial charge in [-0.3, -0.25) is 9.59 Å². The van der Waals surface area contributed by atoms with Gasteiger partial charge in [0, 0.05) is 18.9 Å². The summed E-state index contributed by atoms with van der Waals surface area (Å²) in [5, 5.41) is 2.43. The summed E-state index contributed by atoms with van der Waals surface area (Å²) in [5.41, 5.74) is 6.85. The number of carbonyl (C=O) groups excluding carboxylic acids is 2. The molecule has 0 aliphatic carbocycles. The summed E-state index contributed by atoms with van der Waals surface area (Å²) in [6, 6.07) is 5.47. The van der Waals surface area contributed by atoms with E-state index in [9.17, 15) is 22.8 Å². The quantitative estimate of drug-likeness (QED) is 0.749. The van der Waals surface area contributed by atoms with Crippen LogP contribution in [0.3, 0.4) is 0 Å². The molecule has 0 bridgehead atoms. The molecular weight excluding hydrogens is 385 g/mol. The smallest absolute Gasteiger partial charge is 0.313 e. The summed E-state index contributed by atoms with van der Waals surface area (Å²) < 4.78 is 41.9. The maximum Gasteiger partial charge on any atom is 0.313 e. The molecule has 1 aliphatic rings. The highest BCUT2D eigenvalue weighted by Gasteiger charge is 2.48. The lowest BCUT2D eigenvalue weighted by Gasteiger charge is -2.42. The van der Waals surface area contributed by atoms with Crippen LogP contribution in [0.4, 0.5) is 24.7 Å². The zero-order chi connectivity index (χ0) is 21.3. The van der Waals surface area contributed by atoms with Crippen molar-refractivity contribution in [2.45, 2.75) is 32.2 Å². The topological polar surface area (TPSA) is 88.3 Å². The summed E-state index contributed by atoms with van der Waals surface area (Å²) in [7, 11) is 0. The number of nitrogen functional groups attached to an aromatic ring is 1. The van der Waals surface area contributed by atoms with Gasteiger partial charge in [-0.25, -0.2) is 18.2 Å². The van der Waals surface area contributed by atoms with Gasteiger partial charge in [-0.1, -0.05) is 19.1 Å². The molecule has 2 atom stereocenters. The first kappa shape index (κ1) is 20.6. The largest absolute Gasteiger partial charge is 0.383 e. The second-order valence-corrected chi connectivity index (χ2v) is 7.27. The first-order valence-corrected chi connectivity index (χ1v) is 9.06. The van der Waals surface area contributed by atoms with Crippen LogP contribution in [0.25, 0.3) is 0 Å². The van der Waals surface area contributed by atoms with Gasteiger partial charge in [0.25, 0.3) is 5.92 Å². The Bertz CT molecular complexity index is 934. The van der Waals surface area contributed by atoms with Crippen molar-refractivity contribution in [1.82, 2.24) is 9.88 Å². The Balaban J connectivity index is 1.85. The molecule has 1 fully saturated rings. The molecule has 2 aromatic rings. The van der Waals surface area contributed by atoms with Gasteiger partial charge in [-0.2, -0.15) is 0 Å². The van der Waals surface area contributed by atoms with Crippen molar-refractivity contribution in [3.63, 3.8) is 0 Å². The molecule has 2 heterocycles. The lowest BCUT2D eigenvalue weighted by molar-refractivity contribution is -0.159. The monoisotopic (exact) mass is 406 g/mol. The van der Waals surface area contributed by atoms with Crippen molar-refractivity contribution in [1.29, 1.82) is 0 Å². The normalized spacial score (nSPS) is 20.9. The molecule has 154 valence electrons. The minimum Gasteiger partial charge on any atom is -0.383 e. The predicted octanol–water partition coefficient (Wildman–Crippen LogP) is 3.29. The van der Waals surface area contributed by atoms with Crippen LogP contribution in [-0.2, 0) is 9.59 Å². The zero-order valence-electron chi connectivity index (χ0n) is 16.0. The molecule has 1 aromatic heterocycles. The second kappa shape index (κ2) is 7.73. The number of anilines is 2. The lowest BCUT2D eigenvalue weighted by atomic mass is 9.86. The highest BCUT2D eigenvalue weighted by atomic mass is 19.3. The number of pyridine rings is 1. The van der Waals surface area contributed by atoms with Crippen molar-refractivity contribution < 1.29 is 22.8 Å². The summed E-state index contributed by atoms with van der Waals surface area (Å²) >= 11 is 0. The molecular formula is C20H21F3N4O2. The summed E-state index contributed by atoms with van der Waals surface area (Å²) in [5.74, 6) is -6.30. The Morgan fingerprint density at radius 2 is 1.93 bits per heavy atom. The van der Waals surface area contributed by atoms with Crippen LogP contribution in [-0.4, -0.2) is 34.2 Å². The standard InChI is InChI=1S/C20H21F3N4O2/c1-11-7-15(9-25-17(11)24)26-18(28)19(29)27-10-12(2)20(22,23)8-16(27)13-3-5-14(21)6-4-13/h3-7,9,12,16H,8,10H2,1-2H3,(H2,24,25)(H,26,28)/t12-,16-/m0/s1. The number of nitrogens with two attached hydrogens (primary N) is 1. The number of carbonyl (C=O) groups is 2. The molecule has 0 radical (unpaired) electrons. The van der Waals surface area contributed by atoms with Crippen molar-refractivity contribution in [3.8, 4) is 0 Å². The Morgan fingerprint density at radius 1 is 1.28 bits per heavy atom. The SMILES string of the molecule is Cc1cc(NC(=O)C(=O)N2C[C@H](C)C(F)(F)C[C@H]2c2ccc(F)cc2)cnc1N. The van der Waals surface area contributed by atoms with E-state index in [-0.39, 0.29) is 18.1 Å². The average Bonchev–Trinajstić information content (AvgIpc) is 2.66. The first-order chi connectivity index (χ1) is 13.6. The Hall–Kier alpha value is -3.10. The maximum absolute atomic E-state index is 14.3. The number of nitrogens with one attached hydrogen (secondary N) is 1. The number of nitrogens with zero attached hydrogens (tertiary/aromatic N) is 2. The van der Waals surface area contributed by atoms with E-state index < -0.39 is 41.9 Å². The summed E-state index contributed by atoms with van der Waals surface area (Å²) in [6.45, 7) is 2.71. The number of amides is 2. The second-order valence-electron chi connectivity index (χ2n) is 7.27. The third kappa shape index (κ3) is 4.33. The van der Waals surface area contributed by atoms with Crippen molar-refractivity contribution >= 4 is 23.3 Å². The molecule has 3 rings (SSSR count). The third-order valence-electron chi connectivity index (χ3n) is 5.12. The lowest BCUT2D eigenvalue weighted by Crippen LogP contribution is -2.52. The van der Waals surface area contributed by atoms with Gasteiger partial charge in [0.05, 0.1) is 17.9 Å². The van der Waals surface area contributed by atoms with Gasteiger partial charge >= 0.3 is 11.8 Å². The number of likely N-dealkylation sites (tertiary alicyclic amines) is 1. The van der Waals surface area contributed by atoms with Gasteiger partial charge < -0.3 is 16.0 Å². The van der Waals surface area contributed by atoms with E-state index in [4.69, 9.17) is 5.73 Å². The van der Waals surface area contributed by atoms with Crippen LogP contribution in [0.2, 0.25) is 0 Å². The van der Waals surface area contributed by atoms with Crippen LogP contribution in [0.5, 0.6) is 0 Å². The van der Waals surface area contributed by atoms with E-state index in [1.165, 1.54) is 25.3 Å². The van der Waals surface area contributed by atoms with E-state index in [1.807, 2.05) is 0 Å². The average molecular weight is 406 g/mol. The number of hydrogen-bond acceptors (Lipinski definition) is 4. The fourth-order valence-electron chi connectivity index (χ4n) is 3.30. The molecule has 1 saturated heterocycles. The van der Waals surface area contributed by atoms with E-state index in [1.54, 1.807) is 13.0 Å². The molecule has 0 spiro atoms. The number of rotatable bonds is 2. The molecule has 1 aromatic carbocycles. The van der Waals surface area contributed by atoms with Crippen molar-refractivity contribution in [2.75, 3.05) is 17.6 Å². The van der Waals surface area contributed by atoms with Crippen LogP contribution >= 0.6 is 0 Å². The van der Waals surface area contributed by atoms with E-state index >= 15 is 0 Å². The van der Waals surface area contributed by atoms with Gasteiger partial charge in [0.15, 0.2) is 0 Å². The summed E-state index contributed by atoms with van der Waals surface area (Å²) in [6.07, 6.45) is 0.652. The number of hydrogen-bond donors (Lipinski definition) is 2. The highest BCUT2D eigenvalue weighted by Crippen LogP contribution is 2.43. The summed E-state index contributed by atoms with van der Waals surface area (Å²) in [4.78, 5) is 30.3. The van der Waals surface area contributed by atoms with Crippen LogP contribution in [0.15, 0.2) is 36.5 Å². The van der Waals surface area contributed by atoms with Gasteiger partial charge in [0.1, 0.15) is 11.6 Å². The molecule has 6 nitrogen and oxygen atoms in total. The van der Waals surface area contributed by atoms with Gasteiger partial charge in [0.2, 0.25) is 0 Å². The van der Waals surface area contributed by atoms with Crippen molar-refractivity contribution in [2.24, 2.45) is 5.92 Å². The fraction of sp³-hybridized carbons (Fsp3) is 0.350. The Morgan fingerprint density at radius 3 is 2.55 bits per heavy atom. The molecule has 2 amide bonds. The fourth-order valence-corrected chi connectivity index (χ4v) is 3.30. The first-order valence-electron chi connectivity index (χ1n) is 9.06. The van der Waals surface area contributed by atoms with E-state index in [0.717, 1.165) is 17.0 Å². The molecule has 1 aliphatic heterocycles. The minimum atomic E-state index is -3.02. The van der Waals surface area contributed by atoms with Crippen LogP contribution < -0.4 is 11.1 Å². The molecule has 0 saturated carbocycles. The van der Waals surface area contributed by atoms with Crippen LogP contribution in [0, 0.1) is 18.7 Å². The van der Waals surface area contributed by atoms with Gasteiger partial charge in [-0.05, 0) is 36.2 Å². The number of halogens is 3. The maximum atomic E-state index is 14.3. The third-order valence-corrected chi connectivity index (χ3v) is 5.12. The molecule has 29 heavy (non-hydrogen) atoms. The van der Waals surface area contributed by atoms with E-state index in [0.29, 0.717) is 11.1 Å². The highest BCUT2D eigenvalue weighted by molar-refractivity contribution is 6.39. The van der Waals surface area contributed by atoms with E-state index in [2.05, 4.69) is 10.3 Å². The number of aryl methyl sites for hydroxylation is 1. The van der Waals surface area contributed by atoms with Crippen LogP contribution in [0.1, 0.15) is 30.5 Å². The molecule has 0 unspecified atom stereocenters. The Labute approximate surface area is 165 Å². The van der Waals surface area contributed by atoms with Gasteiger partial charge in [-0.15, -0.1) is 0 Å². The Kier molecular flexibility index (Phi) is 5.50. The zero-order valence-corrected chi connectivity index (χ0v) is 16.0. The molecule has 9 heteroatoms.